The first kappa shape index (κ1) is 16.0. The Bertz CT molecular complexity index is 474. The monoisotopic (exact) mass is 279 g/mol. The van der Waals surface area contributed by atoms with Crippen molar-refractivity contribution in [1.82, 2.24) is 4.90 Å². The summed E-state index contributed by atoms with van der Waals surface area (Å²) < 4.78 is 4.79. The molecular formula is C14H21N3O3. The van der Waals surface area contributed by atoms with Crippen molar-refractivity contribution in [3.8, 4) is 0 Å². The number of carbonyl (C=O) groups excluding carboxylic acids is 2. The molecule has 0 spiro atoms. The van der Waals surface area contributed by atoms with Gasteiger partial charge in [-0.1, -0.05) is 12.1 Å². The summed E-state index contributed by atoms with van der Waals surface area (Å²) in [4.78, 5) is 24.5. The van der Waals surface area contributed by atoms with Crippen molar-refractivity contribution in [2.75, 3.05) is 25.5 Å². The molecule has 6 heteroatoms. The second-order valence-corrected chi connectivity index (χ2v) is 4.51. The van der Waals surface area contributed by atoms with Crippen molar-refractivity contribution < 1.29 is 14.3 Å². The number of nitrogens with zero attached hydrogens (tertiary/aromatic N) is 1. The second kappa shape index (κ2) is 7.49. The minimum Gasteiger partial charge on any atom is -0.465 e. The van der Waals surface area contributed by atoms with Crippen molar-refractivity contribution >= 4 is 17.7 Å². The van der Waals surface area contributed by atoms with Gasteiger partial charge >= 0.3 is 12.0 Å². The van der Waals surface area contributed by atoms with Crippen LogP contribution in [0.5, 0.6) is 0 Å². The van der Waals surface area contributed by atoms with Crippen LogP contribution in [0.1, 0.15) is 25.5 Å². The first-order valence-electron chi connectivity index (χ1n) is 6.47. The second-order valence-electron chi connectivity index (χ2n) is 4.51. The Hall–Kier alpha value is -2.08. The number of ether oxygens (including phenoxy) is 1. The SMILES string of the molecule is CCOC(=O)CN(C)C(=O)Nc1cccc(C(C)N)c1. The Balaban J connectivity index is 2.61. The van der Waals surface area contributed by atoms with Gasteiger partial charge in [0.1, 0.15) is 6.54 Å². The van der Waals surface area contributed by atoms with E-state index in [0.717, 1.165) is 5.56 Å². The fourth-order valence-corrected chi connectivity index (χ4v) is 1.59. The van der Waals surface area contributed by atoms with Crippen LogP contribution in [0.3, 0.4) is 0 Å². The highest BCUT2D eigenvalue weighted by Crippen LogP contribution is 2.15. The summed E-state index contributed by atoms with van der Waals surface area (Å²) in [5.41, 5.74) is 7.35. The third-order valence-corrected chi connectivity index (χ3v) is 2.68. The summed E-state index contributed by atoms with van der Waals surface area (Å²) in [6.45, 7) is 3.79. The molecule has 0 aliphatic carbocycles. The molecule has 0 aliphatic heterocycles. The summed E-state index contributed by atoms with van der Waals surface area (Å²) in [6, 6.07) is 6.80. The van der Waals surface area contributed by atoms with E-state index in [1.807, 2.05) is 19.1 Å². The molecular weight excluding hydrogens is 258 g/mol. The van der Waals surface area contributed by atoms with Crippen molar-refractivity contribution in [1.29, 1.82) is 0 Å². The molecule has 6 nitrogen and oxygen atoms in total. The lowest BCUT2D eigenvalue weighted by Gasteiger charge is -2.17. The lowest BCUT2D eigenvalue weighted by Crippen LogP contribution is -2.36. The number of anilines is 1. The van der Waals surface area contributed by atoms with Gasteiger partial charge in [-0.15, -0.1) is 0 Å². The maximum absolute atomic E-state index is 11.9. The van der Waals surface area contributed by atoms with Gasteiger partial charge in [-0.25, -0.2) is 4.79 Å². The number of urea groups is 1. The van der Waals surface area contributed by atoms with E-state index in [2.05, 4.69) is 5.32 Å². The van der Waals surface area contributed by atoms with E-state index in [1.54, 1.807) is 19.1 Å². The summed E-state index contributed by atoms with van der Waals surface area (Å²) >= 11 is 0. The zero-order valence-electron chi connectivity index (χ0n) is 12.1. The Morgan fingerprint density at radius 1 is 1.45 bits per heavy atom. The normalized spacial score (nSPS) is 11.6. The molecule has 0 heterocycles. The van der Waals surface area contributed by atoms with Gasteiger partial charge in [-0.05, 0) is 31.5 Å². The van der Waals surface area contributed by atoms with Crippen LogP contribution in [0.4, 0.5) is 10.5 Å². The van der Waals surface area contributed by atoms with Gasteiger partial charge in [0.25, 0.3) is 0 Å². The van der Waals surface area contributed by atoms with Crippen LogP contribution >= 0.6 is 0 Å². The number of hydrogen-bond donors (Lipinski definition) is 2. The zero-order chi connectivity index (χ0) is 15.1. The first-order chi connectivity index (χ1) is 9.43. The lowest BCUT2D eigenvalue weighted by atomic mass is 10.1. The van der Waals surface area contributed by atoms with E-state index in [0.29, 0.717) is 12.3 Å². The average molecular weight is 279 g/mol. The molecule has 3 N–H and O–H groups in total. The molecule has 1 aromatic rings. The fourth-order valence-electron chi connectivity index (χ4n) is 1.59. The Kier molecular flexibility index (Phi) is 5.99. The molecule has 1 atom stereocenters. The van der Waals surface area contributed by atoms with Gasteiger partial charge in [-0.3, -0.25) is 4.79 Å². The molecule has 0 aromatic heterocycles. The van der Waals surface area contributed by atoms with Crippen LogP contribution < -0.4 is 11.1 Å². The van der Waals surface area contributed by atoms with Gasteiger partial charge in [0.05, 0.1) is 6.61 Å². The van der Waals surface area contributed by atoms with Crippen LogP contribution in [-0.4, -0.2) is 37.1 Å². The Morgan fingerprint density at radius 3 is 2.75 bits per heavy atom. The molecule has 0 aliphatic rings. The quantitative estimate of drug-likeness (QED) is 0.804. The van der Waals surface area contributed by atoms with Crippen LogP contribution in [0, 0.1) is 0 Å². The van der Waals surface area contributed by atoms with Gasteiger partial charge in [0.2, 0.25) is 0 Å². The number of carbonyl (C=O) groups is 2. The highest BCUT2D eigenvalue weighted by molar-refractivity contribution is 5.91. The third kappa shape index (κ3) is 4.89. The molecule has 1 unspecified atom stereocenters. The number of rotatable bonds is 5. The fraction of sp³-hybridized carbons (Fsp3) is 0.429. The summed E-state index contributed by atoms with van der Waals surface area (Å²) in [5, 5.41) is 2.71. The van der Waals surface area contributed by atoms with Crippen LogP contribution in [-0.2, 0) is 9.53 Å². The lowest BCUT2D eigenvalue weighted by molar-refractivity contribution is -0.143. The van der Waals surface area contributed by atoms with E-state index in [1.165, 1.54) is 11.9 Å². The van der Waals surface area contributed by atoms with Gasteiger partial charge in [0, 0.05) is 18.8 Å². The predicted octanol–water partition coefficient (Wildman–Crippen LogP) is 1.73. The van der Waals surface area contributed by atoms with Gasteiger partial charge in [-0.2, -0.15) is 0 Å². The largest absolute Gasteiger partial charge is 0.465 e. The number of benzene rings is 1. The molecule has 110 valence electrons. The number of hydrogen-bond acceptors (Lipinski definition) is 4. The smallest absolute Gasteiger partial charge is 0.325 e. The topological polar surface area (TPSA) is 84.7 Å². The molecule has 0 fully saturated rings. The van der Waals surface area contributed by atoms with Crippen molar-refractivity contribution in [2.45, 2.75) is 19.9 Å². The van der Waals surface area contributed by atoms with Crippen LogP contribution in [0.15, 0.2) is 24.3 Å². The standard InChI is InChI=1S/C14H21N3O3/c1-4-20-13(18)9-17(3)14(19)16-12-7-5-6-11(8-12)10(2)15/h5-8,10H,4,9,15H2,1-3H3,(H,16,19). The maximum atomic E-state index is 11.9. The Labute approximate surface area is 118 Å². The van der Waals surface area contributed by atoms with Crippen LogP contribution in [0.2, 0.25) is 0 Å². The first-order valence-corrected chi connectivity index (χ1v) is 6.47. The van der Waals surface area contributed by atoms with E-state index in [-0.39, 0.29) is 18.6 Å². The number of amides is 2. The number of nitrogens with one attached hydrogen (secondary N) is 1. The third-order valence-electron chi connectivity index (χ3n) is 2.68. The number of nitrogens with two attached hydrogens (primary N) is 1. The number of likely N-dealkylation sites (N-methyl/N-ethyl adjacent to an activating group) is 1. The molecule has 0 radical (unpaired) electrons. The van der Waals surface area contributed by atoms with E-state index in [9.17, 15) is 9.59 Å². The Morgan fingerprint density at radius 2 is 2.15 bits per heavy atom. The van der Waals surface area contributed by atoms with Gasteiger partial charge in [0.15, 0.2) is 0 Å². The average Bonchev–Trinajstić information content (AvgIpc) is 2.39. The van der Waals surface area contributed by atoms with E-state index >= 15 is 0 Å². The van der Waals surface area contributed by atoms with E-state index < -0.39 is 5.97 Å². The molecule has 0 saturated heterocycles. The highest BCUT2D eigenvalue weighted by atomic mass is 16.5. The molecule has 1 aromatic carbocycles. The molecule has 2 amide bonds. The minimum absolute atomic E-state index is 0.0906. The molecule has 20 heavy (non-hydrogen) atoms. The van der Waals surface area contributed by atoms with Crippen molar-refractivity contribution in [2.24, 2.45) is 5.73 Å². The summed E-state index contributed by atoms with van der Waals surface area (Å²) in [7, 11) is 1.53. The molecule has 0 saturated carbocycles. The predicted molar refractivity (Wildman–Crippen MR) is 77.3 cm³/mol. The number of esters is 1. The highest BCUT2D eigenvalue weighted by Gasteiger charge is 2.13. The van der Waals surface area contributed by atoms with Crippen molar-refractivity contribution in [3.63, 3.8) is 0 Å². The summed E-state index contributed by atoms with van der Waals surface area (Å²) in [5.74, 6) is -0.436. The maximum Gasteiger partial charge on any atom is 0.325 e. The molecule has 1 rings (SSSR count). The van der Waals surface area contributed by atoms with Crippen LogP contribution in [0.25, 0.3) is 0 Å². The van der Waals surface area contributed by atoms with Crippen molar-refractivity contribution in [3.05, 3.63) is 29.8 Å². The van der Waals surface area contributed by atoms with E-state index in [4.69, 9.17) is 10.5 Å². The summed E-state index contributed by atoms with van der Waals surface area (Å²) in [6.07, 6.45) is 0. The van der Waals surface area contributed by atoms with Gasteiger partial charge < -0.3 is 20.7 Å². The minimum atomic E-state index is -0.436. The molecule has 0 bridgehead atoms. The zero-order valence-corrected chi connectivity index (χ0v) is 12.1.